The van der Waals surface area contributed by atoms with Crippen LogP contribution in [0.4, 0.5) is 0 Å². The minimum atomic E-state index is -0.353. The van der Waals surface area contributed by atoms with Crippen LogP contribution < -0.4 is 10.2 Å². The van der Waals surface area contributed by atoms with Crippen molar-refractivity contribution in [3.8, 4) is 11.5 Å². The molecule has 6 nitrogen and oxygen atoms in total. The first kappa shape index (κ1) is 15.8. The van der Waals surface area contributed by atoms with Crippen LogP contribution in [0.5, 0.6) is 11.5 Å². The molecule has 0 aliphatic heterocycles. The van der Waals surface area contributed by atoms with E-state index in [0.29, 0.717) is 17.7 Å². The van der Waals surface area contributed by atoms with Crippen molar-refractivity contribution in [1.82, 2.24) is 10.4 Å². The van der Waals surface area contributed by atoms with E-state index in [0.717, 1.165) is 0 Å². The topological polar surface area (TPSA) is 83.8 Å². The molecular formula is C15H14ClN3O3. The number of nitrogens with zero attached hydrogens (tertiary/aromatic N) is 2. The summed E-state index contributed by atoms with van der Waals surface area (Å²) >= 11 is 5.91. The number of aromatic nitrogens is 1. The van der Waals surface area contributed by atoms with Gasteiger partial charge < -0.3 is 9.84 Å². The van der Waals surface area contributed by atoms with Crippen molar-refractivity contribution < 1.29 is 14.6 Å². The van der Waals surface area contributed by atoms with Gasteiger partial charge in [0, 0.05) is 18.0 Å². The van der Waals surface area contributed by atoms with Gasteiger partial charge in [-0.25, -0.2) is 5.43 Å². The number of hydrazone groups is 1. The third-order valence-electron chi connectivity index (χ3n) is 2.67. The Balaban J connectivity index is 2.09. The van der Waals surface area contributed by atoms with E-state index in [-0.39, 0.29) is 22.4 Å². The van der Waals surface area contributed by atoms with Crippen LogP contribution in [0, 0.1) is 0 Å². The lowest BCUT2D eigenvalue weighted by atomic mass is 10.2. The van der Waals surface area contributed by atoms with Gasteiger partial charge >= 0.3 is 0 Å². The zero-order valence-corrected chi connectivity index (χ0v) is 12.5. The maximum absolute atomic E-state index is 11.8. The van der Waals surface area contributed by atoms with Crippen LogP contribution in [0.15, 0.2) is 41.8 Å². The van der Waals surface area contributed by atoms with Gasteiger partial charge in [0.1, 0.15) is 0 Å². The highest BCUT2D eigenvalue weighted by molar-refractivity contribution is 6.32. The molecule has 2 N–H and O–H groups in total. The molecule has 0 aliphatic rings. The Labute approximate surface area is 132 Å². The quantitative estimate of drug-likeness (QED) is 0.655. The number of rotatable bonds is 5. The summed E-state index contributed by atoms with van der Waals surface area (Å²) in [6, 6.07) is 6.25. The van der Waals surface area contributed by atoms with E-state index < -0.39 is 0 Å². The van der Waals surface area contributed by atoms with Gasteiger partial charge in [-0.1, -0.05) is 11.6 Å². The summed E-state index contributed by atoms with van der Waals surface area (Å²) in [5.41, 5.74) is 3.42. The minimum absolute atomic E-state index is 0.124. The monoisotopic (exact) mass is 319 g/mol. The Bertz CT molecular complexity index is 690. The SMILES string of the molecule is CCOc1cc(/C=N/NC(=O)c2ccncc2)cc(Cl)c1O. The van der Waals surface area contributed by atoms with Crippen molar-refractivity contribution >= 4 is 23.7 Å². The number of carbonyl (C=O) groups is 1. The van der Waals surface area contributed by atoms with E-state index in [4.69, 9.17) is 16.3 Å². The molecule has 114 valence electrons. The lowest BCUT2D eigenvalue weighted by Crippen LogP contribution is -2.17. The van der Waals surface area contributed by atoms with Crippen molar-refractivity contribution in [3.05, 3.63) is 52.8 Å². The lowest BCUT2D eigenvalue weighted by Gasteiger charge is -2.08. The van der Waals surface area contributed by atoms with Gasteiger partial charge in [0.15, 0.2) is 11.5 Å². The summed E-state index contributed by atoms with van der Waals surface area (Å²) in [6.07, 6.45) is 4.45. The van der Waals surface area contributed by atoms with Gasteiger partial charge in [0.05, 0.1) is 17.8 Å². The normalized spacial score (nSPS) is 10.6. The fraction of sp³-hybridized carbons (Fsp3) is 0.133. The van der Waals surface area contributed by atoms with Crippen molar-refractivity contribution in [2.24, 2.45) is 5.10 Å². The van der Waals surface area contributed by atoms with Crippen LogP contribution in [0.25, 0.3) is 0 Å². The molecule has 0 aliphatic carbocycles. The molecule has 2 rings (SSSR count). The number of hydrogen-bond acceptors (Lipinski definition) is 5. The van der Waals surface area contributed by atoms with Gasteiger partial charge in [0.25, 0.3) is 5.91 Å². The lowest BCUT2D eigenvalue weighted by molar-refractivity contribution is 0.0955. The second-order valence-corrected chi connectivity index (χ2v) is 4.62. The second-order valence-electron chi connectivity index (χ2n) is 4.22. The first-order valence-corrected chi connectivity index (χ1v) is 6.88. The largest absolute Gasteiger partial charge is 0.503 e. The van der Waals surface area contributed by atoms with Crippen LogP contribution in [0.1, 0.15) is 22.8 Å². The van der Waals surface area contributed by atoms with Crippen LogP contribution in [-0.2, 0) is 0 Å². The molecule has 1 amide bonds. The number of aromatic hydroxyl groups is 1. The molecule has 7 heteroatoms. The van der Waals surface area contributed by atoms with E-state index >= 15 is 0 Å². The summed E-state index contributed by atoms with van der Waals surface area (Å²) < 4.78 is 5.26. The summed E-state index contributed by atoms with van der Waals surface area (Å²) in [5, 5.41) is 13.7. The van der Waals surface area contributed by atoms with Gasteiger partial charge in [-0.15, -0.1) is 0 Å². The van der Waals surface area contributed by atoms with Crippen molar-refractivity contribution in [2.45, 2.75) is 6.92 Å². The summed E-state index contributed by atoms with van der Waals surface area (Å²) in [6.45, 7) is 2.19. The predicted molar refractivity (Wildman–Crippen MR) is 83.6 cm³/mol. The number of benzene rings is 1. The molecule has 1 aromatic carbocycles. The van der Waals surface area contributed by atoms with Crippen LogP contribution in [0.2, 0.25) is 5.02 Å². The Morgan fingerprint density at radius 2 is 2.18 bits per heavy atom. The molecule has 0 unspecified atom stereocenters. The molecule has 0 saturated heterocycles. The molecule has 0 saturated carbocycles. The number of phenolic OH excluding ortho intramolecular Hbond substituents is 1. The number of pyridine rings is 1. The van der Waals surface area contributed by atoms with E-state index in [1.54, 1.807) is 25.1 Å². The third kappa shape index (κ3) is 3.95. The van der Waals surface area contributed by atoms with Crippen LogP contribution in [0.3, 0.4) is 0 Å². The molecule has 0 atom stereocenters. The van der Waals surface area contributed by atoms with Gasteiger partial charge in [-0.3, -0.25) is 9.78 Å². The first-order chi connectivity index (χ1) is 10.6. The van der Waals surface area contributed by atoms with Crippen molar-refractivity contribution in [3.63, 3.8) is 0 Å². The third-order valence-corrected chi connectivity index (χ3v) is 2.96. The molecule has 1 aromatic heterocycles. The molecule has 1 heterocycles. The van der Waals surface area contributed by atoms with Crippen LogP contribution in [-0.4, -0.2) is 28.8 Å². The van der Waals surface area contributed by atoms with Crippen LogP contribution >= 0.6 is 11.6 Å². The standard InChI is InChI=1S/C15H14ClN3O3/c1-2-22-13-8-10(7-12(16)14(13)20)9-18-19-15(21)11-3-5-17-6-4-11/h3-9,20H,2H2,1H3,(H,19,21)/b18-9+. The predicted octanol–water partition coefficient (Wildman–Crippen LogP) is 2.60. The van der Waals surface area contributed by atoms with Crippen molar-refractivity contribution in [2.75, 3.05) is 6.61 Å². The molecule has 0 fully saturated rings. The highest BCUT2D eigenvalue weighted by atomic mass is 35.5. The Morgan fingerprint density at radius 3 is 2.86 bits per heavy atom. The van der Waals surface area contributed by atoms with Crippen molar-refractivity contribution in [1.29, 1.82) is 0 Å². The second kappa shape index (κ2) is 7.42. The van der Waals surface area contributed by atoms with E-state index in [2.05, 4.69) is 15.5 Å². The average Bonchev–Trinajstić information content (AvgIpc) is 2.53. The smallest absolute Gasteiger partial charge is 0.271 e. The highest BCUT2D eigenvalue weighted by Gasteiger charge is 2.09. The number of amides is 1. The summed E-state index contributed by atoms with van der Waals surface area (Å²) in [4.78, 5) is 15.6. The van der Waals surface area contributed by atoms with E-state index in [9.17, 15) is 9.90 Å². The van der Waals surface area contributed by atoms with Gasteiger partial charge in [-0.05, 0) is 36.8 Å². The fourth-order valence-electron chi connectivity index (χ4n) is 1.67. The fourth-order valence-corrected chi connectivity index (χ4v) is 1.89. The maximum Gasteiger partial charge on any atom is 0.271 e. The number of carbonyl (C=O) groups excluding carboxylic acids is 1. The van der Waals surface area contributed by atoms with Gasteiger partial charge in [-0.2, -0.15) is 5.10 Å². The number of phenols is 1. The van der Waals surface area contributed by atoms with Gasteiger partial charge in [0.2, 0.25) is 0 Å². The molecule has 0 bridgehead atoms. The molecule has 0 spiro atoms. The van der Waals surface area contributed by atoms with E-state index in [1.807, 2.05) is 0 Å². The number of ether oxygens (including phenoxy) is 1. The maximum atomic E-state index is 11.8. The Hall–Kier alpha value is -2.60. The molecule has 22 heavy (non-hydrogen) atoms. The number of hydrogen-bond donors (Lipinski definition) is 2. The van der Waals surface area contributed by atoms with E-state index in [1.165, 1.54) is 24.7 Å². The molecule has 2 aromatic rings. The average molecular weight is 320 g/mol. The molecule has 0 radical (unpaired) electrons. The summed E-state index contributed by atoms with van der Waals surface area (Å²) in [5.74, 6) is -0.216. The Morgan fingerprint density at radius 1 is 1.45 bits per heavy atom. The number of halogens is 1. The zero-order valence-electron chi connectivity index (χ0n) is 11.8. The minimum Gasteiger partial charge on any atom is -0.503 e. The highest BCUT2D eigenvalue weighted by Crippen LogP contribution is 2.34. The Kier molecular flexibility index (Phi) is 5.32. The summed E-state index contributed by atoms with van der Waals surface area (Å²) in [7, 11) is 0. The first-order valence-electron chi connectivity index (χ1n) is 6.50. The zero-order chi connectivity index (χ0) is 15.9. The number of nitrogens with one attached hydrogen (secondary N) is 1. The molecular weight excluding hydrogens is 306 g/mol.